The molecule has 0 aromatic rings. The van der Waals surface area contributed by atoms with Crippen LogP contribution in [0, 0.1) is 47.4 Å². The minimum atomic E-state index is -1.19. The van der Waals surface area contributed by atoms with Crippen molar-refractivity contribution in [3.63, 3.8) is 0 Å². The fourth-order valence-electron chi connectivity index (χ4n) is 10.9. The number of carboxylic acids is 3. The van der Waals surface area contributed by atoms with Crippen molar-refractivity contribution >= 4 is 41.5 Å². The van der Waals surface area contributed by atoms with Gasteiger partial charge in [-0.05, 0) is 62.2 Å². The van der Waals surface area contributed by atoms with Gasteiger partial charge in [0.2, 0.25) is 23.6 Å². The van der Waals surface area contributed by atoms with Gasteiger partial charge in [-0.2, -0.15) is 0 Å². The van der Waals surface area contributed by atoms with Crippen molar-refractivity contribution in [1.82, 2.24) is 36.0 Å². The van der Waals surface area contributed by atoms with E-state index in [4.69, 9.17) is 28.4 Å². The molecule has 0 heterocycles. The molecule has 0 saturated heterocycles. The lowest BCUT2D eigenvalue weighted by Crippen LogP contribution is -2.47. The van der Waals surface area contributed by atoms with Crippen LogP contribution in [0.3, 0.4) is 0 Å². The first-order valence-electron chi connectivity index (χ1n) is 39.6. The van der Waals surface area contributed by atoms with E-state index in [9.17, 15) is 48.9 Å². The van der Waals surface area contributed by atoms with Crippen LogP contribution in [0.5, 0.6) is 0 Å². The van der Waals surface area contributed by atoms with Crippen LogP contribution >= 0.6 is 0 Å². The summed E-state index contributed by atoms with van der Waals surface area (Å²) in [5.41, 5.74) is 0. The Bertz CT molecular complexity index is 2210. The first-order valence-corrected chi connectivity index (χ1v) is 39.6. The summed E-state index contributed by atoms with van der Waals surface area (Å²) >= 11 is 0. The number of hydrogen-bond donors (Lipinski definition) is 7. The Balaban J connectivity index is 4.05. The van der Waals surface area contributed by atoms with Crippen LogP contribution in [0.4, 0.5) is 0 Å². The predicted molar refractivity (Wildman–Crippen MR) is 407 cm³/mol. The van der Waals surface area contributed by atoms with Crippen molar-refractivity contribution in [3.8, 4) is 47.4 Å². The SMILES string of the molecule is CCCCCCCCCCCCC#CC#CCCCCCCCCC(=O)NCCOCCOCCOCCNC(=O)CN(CCN(CCN(CC(=O)O)CC(=O)NCCOCCOCCOCCNC(=O)CCCCCCCCC#CC#CCCCCCCCCCCCC)CC(=O)O)CC(=O)O. The van der Waals surface area contributed by atoms with Crippen LogP contribution in [0.25, 0.3) is 0 Å². The number of ether oxygens (including phenoxy) is 6. The Kier molecular flexibility index (Phi) is 74.3. The molecule has 4 amide bonds. The number of aliphatic carboxylic acids is 3. The quantitative estimate of drug-likeness (QED) is 0.0220. The van der Waals surface area contributed by atoms with E-state index >= 15 is 0 Å². The summed E-state index contributed by atoms with van der Waals surface area (Å²) in [5, 5.41) is 39.9. The molecule has 0 fully saturated rings. The Morgan fingerprint density at radius 1 is 0.262 bits per heavy atom. The largest absolute Gasteiger partial charge is 0.480 e. The number of nitrogens with zero attached hydrogens (tertiary/aromatic N) is 3. The van der Waals surface area contributed by atoms with E-state index in [0.29, 0.717) is 78.8 Å². The maximum Gasteiger partial charge on any atom is 0.317 e. The smallest absolute Gasteiger partial charge is 0.317 e. The molecule has 590 valence electrons. The number of carboxylic acid groups (broad SMARTS) is 3. The highest BCUT2D eigenvalue weighted by molar-refractivity contribution is 5.79. The van der Waals surface area contributed by atoms with Gasteiger partial charge < -0.3 is 65.0 Å². The lowest BCUT2D eigenvalue weighted by Gasteiger charge is -2.28. The van der Waals surface area contributed by atoms with Crippen LogP contribution in [-0.2, 0) is 62.0 Å². The molecular formula is C80H139N7O16. The number of rotatable bonds is 76. The predicted octanol–water partition coefficient (Wildman–Crippen LogP) is 10.6. The Labute approximate surface area is 621 Å². The summed E-state index contributed by atoms with van der Waals surface area (Å²) in [7, 11) is 0. The number of nitrogens with one attached hydrogen (secondary N) is 4. The lowest BCUT2D eigenvalue weighted by atomic mass is 10.1. The van der Waals surface area contributed by atoms with Gasteiger partial charge in [0.15, 0.2) is 0 Å². The third-order valence-corrected chi connectivity index (χ3v) is 16.7. The Hall–Kier alpha value is -5.83. The summed E-state index contributed by atoms with van der Waals surface area (Å²) in [6.45, 7) is 7.33. The average molecular weight is 1460 g/mol. The molecule has 23 nitrogen and oxygen atoms in total. The Morgan fingerprint density at radius 3 is 0.738 bits per heavy atom. The molecule has 0 spiro atoms. The second-order valence-corrected chi connectivity index (χ2v) is 26.3. The molecule has 23 heteroatoms. The highest BCUT2D eigenvalue weighted by Gasteiger charge is 2.20. The first kappa shape index (κ1) is 97.2. The second-order valence-electron chi connectivity index (χ2n) is 26.3. The molecular weight excluding hydrogens is 1310 g/mol. The zero-order valence-electron chi connectivity index (χ0n) is 64.0. The average Bonchev–Trinajstić information content (AvgIpc) is 0.986. The van der Waals surface area contributed by atoms with Gasteiger partial charge in [-0.15, -0.1) is 0 Å². The number of amides is 4. The minimum absolute atomic E-state index is 0.00295. The van der Waals surface area contributed by atoms with Crippen LogP contribution in [0.2, 0.25) is 0 Å². The number of unbranched alkanes of at least 4 members (excludes halogenated alkanes) is 32. The lowest BCUT2D eigenvalue weighted by molar-refractivity contribution is -0.141. The third-order valence-electron chi connectivity index (χ3n) is 16.7. The van der Waals surface area contributed by atoms with E-state index in [1.165, 1.54) is 143 Å². The molecule has 7 N–H and O–H groups in total. The van der Waals surface area contributed by atoms with Gasteiger partial charge in [-0.3, -0.25) is 48.3 Å². The normalized spacial score (nSPS) is 10.9. The van der Waals surface area contributed by atoms with E-state index in [2.05, 4.69) is 82.5 Å². The summed E-state index contributed by atoms with van der Waals surface area (Å²) in [6, 6.07) is 0. The van der Waals surface area contributed by atoms with Gasteiger partial charge in [0, 0.05) is 90.9 Å². The van der Waals surface area contributed by atoms with Crippen molar-refractivity contribution in [2.75, 3.05) is 164 Å². The van der Waals surface area contributed by atoms with Gasteiger partial charge in [-0.25, -0.2) is 0 Å². The number of carbonyl (C=O) groups is 7. The number of hydrogen-bond acceptors (Lipinski definition) is 16. The zero-order chi connectivity index (χ0) is 75.0. The van der Waals surface area contributed by atoms with E-state index in [1.807, 2.05) is 0 Å². The van der Waals surface area contributed by atoms with Crippen LogP contribution in [0.1, 0.15) is 258 Å². The first-order chi connectivity index (χ1) is 50.4. The van der Waals surface area contributed by atoms with E-state index < -0.39 is 49.4 Å². The molecule has 0 aromatic heterocycles. The van der Waals surface area contributed by atoms with Gasteiger partial charge >= 0.3 is 17.9 Å². The summed E-state index contributed by atoms with van der Waals surface area (Å²) < 4.78 is 33.2. The molecule has 0 saturated carbocycles. The van der Waals surface area contributed by atoms with Gasteiger partial charge in [-0.1, -0.05) is 204 Å². The maximum absolute atomic E-state index is 12.8. The molecule has 0 aliphatic rings. The van der Waals surface area contributed by atoms with Crippen molar-refractivity contribution in [3.05, 3.63) is 0 Å². The van der Waals surface area contributed by atoms with E-state index in [-0.39, 0.29) is 90.6 Å². The monoisotopic (exact) mass is 1450 g/mol. The molecule has 0 bridgehead atoms. The number of carbonyl (C=O) groups excluding carboxylic acids is 4. The molecule has 103 heavy (non-hydrogen) atoms. The highest BCUT2D eigenvalue weighted by atomic mass is 16.5. The summed E-state index contributed by atoms with van der Waals surface area (Å²) in [4.78, 5) is 89.4. The highest BCUT2D eigenvalue weighted by Crippen LogP contribution is 2.14. The Morgan fingerprint density at radius 2 is 0.476 bits per heavy atom. The molecule has 0 atom stereocenters. The molecule has 0 aliphatic heterocycles. The molecule has 0 radical (unpaired) electrons. The van der Waals surface area contributed by atoms with Crippen molar-refractivity contribution in [2.45, 2.75) is 258 Å². The standard InChI is InChI=1S/C80H139N7O16/c1-3-5-7-9-11-13-15-17-19-21-23-25-27-29-31-33-35-37-39-41-43-45-47-74(88)81-49-57-98-61-65-102-67-63-100-59-51-83-76(90)69-86(72-79(94)95)55-53-85(71-78(92)93)54-56-87(73-80(96)97)70-77(91)84-52-60-101-64-68-103-66-62-99-58-50-82-75(89)48-46-44-42-40-38-36-34-32-30-28-26-24-22-20-18-16-14-12-10-8-6-4-2/h3-24,33-73H2,1-2H3,(H,81,88)(H,82,89)(H,83,90)(H,84,91)(H,92,93)(H,94,95)(H,96,97). The zero-order valence-corrected chi connectivity index (χ0v) is 64.0. The fourth-order valence-corrected chi connectivity index (χ4v) is 10.9. The van der Waals surface area contributed by atoms with Gasteiger partial charge in [0.1, 0.15) is 0 Å². The van der Waals surface area contributed by atoms with Crippen molar-refractivity contribution < 1.29 is 77.3 Å². The third kappa shape index (κ3) is 78.6. The van der Waals surface area contributed by atoms with Gasteiger partial charge in [0.05, 0.1) is 112 Å². The van der Waals surface area contributed by atoms with Crippen molar-refractivity contribution in [1.29, 1.82) is 0 Å². The molecule has 0 aromatic carbocycles. The topological polar surface area (TPSA) is 293 Å². The second kappa shape index (κ2) is 78.8. The van der Waals surface area contributed by atoms with Gasteiger partial charge in [0.25, 0.3) is 0 Å². The van der Waals surface area contributed by atoms with E-state index in [1.54, 1.807) is 0 Å². The molecule has 0 rings (SSSR count). The minimum Gasteiger partial charge on any atom is -0.480 e. The van der Waals surface area contributed by atoms with Crippen molar-refractivity contribution in [2.24, 2.45) is 0 Å². The molecule has 0 aliphatic carbocycles. The van der Waals surface area contributed by atoms with Crippen LogP contribution < -0.4 is 21.3 Å². The fraction of sp³-hybridized carbons (Fsp3) is 0.812. The van der Waals surface area contributed by atoms with E-state index in [0.717, 1.165) is 103 Å². The summed E-state index contributed by atoms with van der Waals surface area (Å²) in [6.07, 6.45) is 44.0. The van der Waals surface area contributed by atoms with Crippen LogP contribution in [0.15, 0.2) is 0 Å². The molecule has 0 unspecified atom stereocenters. The van der Waals surface area contributed by atoms with Crippen LogP contribution in [-0.4, -0.2) is 236 Å². The maximum atomic E-state index is 12.8. The summed E-state index contributed by atoms with van der Waals surface area (Å²) in [5.74, 6) is 20.3.